The molecule has 1 heterocycles. The van der Waals surface area contributed by atoms with Crippen molar-refractivity contribution in [3.05, 3.63) is 69.0 Å². The maximum Gasteiger partial charge on any atom is 0.347 e. The number of ether oxygens (including phenoxy) is 1. The van der Waals surface area contributed by atoms with Crippen LogP contribution in [0.4, 0.5) is 0 Å². The second kappa shape index (κ2) is 6.86. The molecule has 128 valence electrons. The molecule has 0 saturated carbocycles. The highest BCUT2D eigenvalue weighted by Gasteiger charge is 2.20. The van der Waals surface area contributed by atoms with E-state index in [1.54, 1.807) is 24.3 Å². The second-order valence-corrected chi connectivity index (χ2v) is 5.86. The van der Waals surface area contributed by atoms with Crippen LogP contribution in [0.2, 0.25) is 5.02 Å². The third kappa shape index (κ3) is 3.59. The fraction of sp³-hybridized carbons (Fsp3) is 0.111. The molecular formula is C18H14ClNO5. The van der Waals surface area contributed by atoms with Gasteiger partial charge in [-0.1, -0.05) is 23.7 Å². The molecule has 0 atom stereocenters. The maximum absolute atomic E-state index is 12.2. The highest BCUT2D eigenvalue weighted by molar-refractivity contribution is 6.31. The topological polar surface area (TPSA) is 99.6 Å². The van der Waals surface area contributed by atoms with E-state index in [2.05, 4.69) is 4.98 Å². The van der Waals surface area contributed by atoms with Gasteiger partial charge in [0.1, 0.15) is 11.5 Å². The van der Waals surface area contributed by atoms with E-state index in [-0.39, 0.29) is 12.4 Å². The van der Waals surface area contributed by atoms with Gasteiger partial charge in [-0.2, -0.15) is 0 Å². The average molecular weight is 360 g/mol. The number of nitrogens with one attached hydrogen (secondary N) is 1. The summed E-state index contributed by atoms with van der Waals surface area (Å²) in [6.45, 7) is -0.000177. The van der Waals surface area contributed by atoms with Gasteiger partial charge in [-0.15, -0.1) is 0 Å². The number of hydrogen-bond donors (Lipinski definition) is 3. The van der Waals surface area contributed by atoms with Gasteiger partial charge in [0, 0.05) is 16.8 Å². The predicted octanol–water partition coefficient (Wildman–Crippen LogP) is 2.99. The molecule has 25 heavy (non-hydrogen) atoms. The lowest BCUT2D eigenvalue weighted by atomic mass is 10.1. The number of carbonyl (C=O) groups excluding carboxylic acids is 1. The zero-order valence-electron chi connectivity index (χ0n) is 13.0. The van der Waals surface area contributed by atoms with Crippen molar-refractivity contribution in [3.63, 3.8) is 0 Å². The van der Waals surface area contributed by atoms with Crippen LogP contribution in [0.3, 0.4) is 0 Å². The minimum Gasteiger partial charge on any atom is -0.508 e. The fourth-order valence-corrected chi connectivity index (χ4v) is 2.66. The van der Waals surface area contributed by atoms with Crippen molar-refractivity contribution < 1.29 is 19.7 Å². The van der Waals surface area contributed by atoms with Gasteiger partial charge in [0.15, 0.2) is 5.56 Å². The lowest BCUT2D eigenvalue weighted by molar-refractivity contribution is 0.0504. The first-order chi connectivity index (χ1) is 12.0. The van der Waals surface area contributed by atoms with E-state index in [0.717, 1.165) is 5.56 Å². The van der Waals surface area contributed by atoms with Crippen LogP contribution in [-0.2, 0) is 11.2 Å². The number of H-pyrrole nitrogens is 1. The number of aromatic nitrogens is 1. The van der Waals surface area contributed by atoms with Crippen molar-refractivity contribution in [2.24, 2.45) is 0 Å². The Kier molecular flexibility index (Phi) is 4.63. The Labute approximate surface area is 147 Å². The van der Waals surface area contributed by atoms with Crippen LogP contribution >= 0.6 is 11.6 Å². The van der Waals surface area contributed by atoms with Crippen LogP contribution in [0.1, 0.15) is 15.9 Å². The number of phenols is 1. The maximum atomic E-state index is 12.2. The summed E-state index contributed by atoms with van der Waals surface area (Å²) in [6, 6.07) is 11.1. The number of rotatable bonds is 4. The number of halogens is 1. The first-order valence-corrected chi connectivity index (χ1v) is 7.83. The molecule has 0 aliphatic carbocycles. The van der Waals surface area contributed by atoms with Gasteiger partial charge in [-0.3, -0.25) is 4.79 Å². The molecule has 6 nitrogen and oxygen atoms in total. The summed E-state index contributed by atoms with van der Waals surface area (Å²) < 4.78 is 5.08. The SMILES string of the molecule is O=C(OCCc1cccc(O)c1)c1c(O)c2ccc(Cl)cc2[nH]c1=O. The van der Waals surface area contributed by atoms with E-state index in [1.165, 1.54) is 18.2 Å². The van der Waals surface area contributed by atoms with Crippen molar-refractivity contribution in [1.29, 1.82) is 0 Å². The highest BCUT2D eigenvalue weighted by Crippen LogP contribution is 2.27. The molecule has 0 amide bonds. The number of fused-ring (bicyclic) bond motifs is 1. The molecule has 3 N–H and O–H groups in total. The summed E-state index contributed by atoms with van der Waals surface area (Å²) in [6.07, 6.45) is 0.363. The molecule has 3 rings (SSSR count). The Balaban J connectivity index is 1.80. The summed E-state index contributed by atoms with van der Waals surface area (Å²) in [7, 11) is 0. The highest BCUT2D eigenvalue weighted by atomic mass is 35.5. The number of benzene rings is 2. The zero-order valence-corrected chi connectivity index (χ0v) is 13.7. The van der Waals surface area contributed by atoms with E-state index in [0.29, 0.717) is 22.3 Å². The lowest BCUT2D eigenvalue weighted by Crippen LogP contribution is -2.20. The summed E-state index contributed by atoms with van der Waals surface area (Å²) in [5.41, 5.74) is -0.106. The summed E-state index contributed by atoms with van der Waals surface area (Å²) in [4.78, 5) is 26.8. The molecule has 7 heteroatoms. The van der Waals surface area contributed by atoms with Crippen molar-refractivity contribution in [2.75, 3.05) is 6.61 Å². The molecule has 3 aromatic rings. The molecule has 0 spiro atoms. The molecule has 0 fully saturated rings. The van der Waals surface area contributed by atoms with E-state index >= 15 is 0 Å². The monoisotopic (exact) mass is 359 g/mol. The molecule has 0 radical (unpaired) electrons. The molecule has 0 aliphatic rings. The summed E-state index contributed by atoms with van der Waals surface area (Å²) in [5, 5.41) is 20.3. The number of pyridine rings is 1. The third-order valence-electron chi connectivity index (χ3n) is 3.69. The molecular weight excluding hydrogens is 346 g/mol. The third-order valence-corrected chi connectivity index (χ3v) is 3.92. The predicted molar refractivity (Wildman–Crippen MR) is 93.3 cm³/mol. The smallest absolute Gasteiger partial charge is 0.347 e. The molecule has 1 aromatic heterocycles. The van der Waals surface area contributed by atoms with Gasteiger partial charge in [0.05, 0.1) is 12.1 Å². The number of esters is 1. The number of carbonyl (C=O) groups is 1. The number of hydrogen-bond acceptors (Lipinski definition) is 5. The van der Waals surface area contributed by atoms with Crippen LogP contribution in [0.25, 0.3) is 10.9 Å². The van der Waals surface area contributed by atoms with Crippen molar-refractivity contribution in [1.82, 2.24) is 4.98 Å². The second-order valence-electron chi connectivity index (χ2n) is 5.42. The van der Waals surface area contributed by atoms with Crippen molar-refractivity contribution >= 4 is 28.5 Å². The number of phenolic OH excluding ortho intramolecular Hbond substituents is 1. The number of aromatic amines is 1. The first-order valence-electron chi connectivity index (χ1n) is 7.45. The Bertz CT molecular complexity index is 1010. The molecule has 2 aromatic carbocycles. The summed E-state index contributed by atoms with van der Waals surface area (Å²) in [5.74, 6) is -1.25. The van der Waals surface area contributed by atoms with Gasteiger partial charge >= 0.3 is 5.97 Å². The van der Waals surface area contributed by atoms with Gasteiger partial charge in [-0.25, -0.2) is 4.79 Å². The first kappa shape index (κ1) is 16.9. The van der Waals surface area contributed by atoms with E-state index in [1.807, 2.05) is 0 Å². The minimum absolute atomic E-state index is 0.000177. The standard InChI is InChI=1S/C18H14ClNO5/c19-11-4-5-13-14(9-11)20-17(23)15(16(13)22)18(24)25-7-6-10-2-1-3-12(21)8-10/h1-5,8-9,21H,6-7H2,(H2,20,22,23). The average Bonchev–Trinajstić information content (AvgIpc) is 2.54. The van der Waals surface area contributed by atoms with E-state index in [4.69, 9.17) is 16.3 Å². The minimum atomic E-state index is -0.921. The van der Waals surface area contributed by atoms with Crippen LogP contribution < -0.4 is 5.56 Å². The molecule has 0 unspecified atom stereocenters. The van der Waals surface area contributed by atoms with Gasteiger partial charge in [0.25, 0.3) is 5.56 Å². The lowest BCUT2D eigenvalue weighted by Gasteiger charge is -2.08. The Morgan fingerprint density at radius 3 is 2.72 bits per heavy atom. The van der Waals surface area contributed by atoms with Crippen LogP contribution in [-0.4, -0.2) is 27.8 Å². The Hall–Kier alpha value is -2.99. The van der Waals surface area contributed by atoms with Crippen LogP contribution in [0.15, 0.2) is 47.3 Å². The zero-order chi connectivity index (χ0) is 18.0. The Morgan fingerprint density at radius 2 is 1.96 bits per heavy atom. The molecule has 0 bridgehead atoms. The quantitative estimate of drug-likeness (QED) is 0.622. The van der Waals surface area contributed by atoms with Crippen molar-refractivity contribution in [2.45, 2.75) is 6.42 Å². The van der Waals surface area contributed by atoms with Gasteiger partial charge < -0.3 is 19.9 Å². The van der Waals surface area contributed by atoms with Crippen LogP contribution in [0.5, 0.6) is 11.5 Å². The van der Waals surface area contributed by atoms with Gasteiger partial charge in [0.2, 0.25) is 0 Å². The molecule has 0 saturated heterocycles. The van der Waals surface area contributed by atoms with Crippen molar-refractivity contribution in [3.8, 4) is 11.5 Å². The van der Waals surface area contributed by atoms with Crippen LogP contribution in [0, 0.1) is 0 Å². The normalized spacial score (nSPS) is 10.8. The Morgan fingerprint density at radius 1 is 1.16 bits per heavy atom. The largest absolute Gasteiger partial charge is 0.508 e. The fourth-order valence-electron chi connectivity index (χ4n) is 2.49. The summed E-state index contributed by atoms with van der Waals surface area (Å²) >= 11 is 5.85. The van der Waals surface area contributed by atoms with E-state index in [9.17, 15) is 19.8 Å². The number of aromatic hydroxyl groups is 2. The molecule has 0 aliphatic heterocycles. The van der Waals surface area contributed by atoms with E-state index < -0.39 is 22.8 Å². The van der Waals surface area contributed by atoms with Gasteiger partial charge in [-0.05, 0) is 35.9 Å².